The molecular weight excluding hydrogens is 533 g/mol. The smallest absolute Gasteiger partial charge is 0.466 e. The van der Waals surface area contributed by atoms with Crippen molar-refractivity contribution in [3.63, 3.8) is 0 Å². The average Bonchev–Trinajstić information content (AvgIpc) is 2.93. The second-order valence-electron chi connectivity index (χ2n) is 10.5. The number of rotatable bonds is 32. The number of phosphoric ester groups is 1. The van der Waals surface area contributed by atoms with E-state index < -0.39 is 13.9 Å². The van der Waals surface area contributed by atoms with Crippen LogP contribution in [0.4, 0.5) is 0 Å². The van der Waals surface area contributed by atoms with E-state index >= 15 is 0 Å². The van der Waals surface area contributed by atoms with Gasteiger partial charge in [-0.15, -0.1) is 0 Å². The van der Waals surface area contributed by atoms with Crippen molar-refractivity contribution >= 4 is 13.8 Å². The van der Waals surface area contributed by atoms with Crippen molar-refractivity contribution in [3.8, 4) is 0 Å². The van der Waals surface area contributed by atoms with E-state index in [1.807, 2.05) is 0 Å². The zero-order chi connectivity index (χ0) is 29.6. The minimum Gasteiger partial charge on any atom is -0.466 e. The van der Waals surface area contributed by atoms with E-state index in [0.717, 1.165) is 38.5 Å². The SMILES string of the molecule is CCCCCCCCCCCCCCCCOC[C@H](COP(=O)(O)OCCN)OCCCCCCC(=O)OCC. The molecule has 1 unspecified atom stereocenters. The molecule has 0 aliphatic heterocycles. The zero-order valence-corrected chi connectivity index (χ0v) is 26.7. The Balaban J connectivity index is 3.95. The predicted molar refractivity (Wildman–Crippen MR) is 161 cm³/mol. The summed E-state index contributed by atoms with van der Waals surface area (Å²) in [5.74, 6) is -0.155. The van der Waals surface area contributed by atoms with Crippen LogP contribution in [0.3, 0.4) is 0 Å². The van der Waals surface area contributed by atoms with E-state index in [1.165, 1.54) is 77.0 Å². The molecule has 0 bridgehead atoms. The number of phosphoric acid groups is 1. The monoisotopic (exact) mass is 595 g/mol. The van der Waals surface area contributed by atoms with Crippen molar-refractivity contribution in [1.82, 2.24) is 0 Å². The maximum atomic E-state index is 12.0. The number of unbranched alkanes of at least 4 members (excludes halogenated alkanes) is 16. The summed E-state index contributed by atoms with van der Waals surface area (Å²) < 4.78 is 38.5. The normalized spacial score (nSPS) is 13.8. The molecule has 3 N–H and O–H groups in total. The molecule has 0 aliphatic rings. The standard InChI is InChI=1S/C30H62NO8P/c1-3-5-6-7-8-9-10-11-12-13-14-15-17-20-24-35-27-29(28-39-40(33,34)38-26-23-31)37-25-21-18-16-19-22-30(32)36-4-2/h29H,3-28,31H2,1-2H3,(H,33,34)/t29-/m1/s1. The Morgan fingerprint density at radius 1 is 0.700 bits per heavy atom. The third-order valence-corrected chi connectivity index (χ3v) is 7.66. The molecule has 0 aliphatic carbocycles. The van der Waals surface area contributed by atoms with Gasteiger partial charge in [0.1, 0.15) is 6.10 Å². The van der Waals surface area contributed by atoms with Crippen LogP contribution in [-0.2, 0) is 32.6 Å². The Morgan fingerprint density at radius 3 is 1.77 bits per heavy atom. The lowest BCUT2D eigenvalue weighted by Gasteiger charge is -2.20. The number of carbonyl (C=O) groups is 1. The molecule has 0 heterocycles. The van der Waals surface area contributed by atoms with Gasteiger partial charge in [0.15, 0.2) is 0 Å². The highest BCUT2D eigenvalue weighted by Gasteiger charge is 2.23. The molecule has 0 aromatic carbocycles. The first-order chi connectivity index (χ1) is 19.4. The molecule has 0 aromatic heterocycles. The molecule has 0 amide bonds. The summed E-state index contributed by atoms with van der Waals surface area (Å²) in [7, 11) is -4.17. The first kappa shape index (κ1) is 39.5. The maximum absolute atomic E-state index is 12.0. The molecule has 0 rings (SSSR count). The quantitative estimate of drug-likeness (QED) is 0.0462. The maximum Gasteiger partial charge on any atom is 0.472 e. The van der Waals surface area contributed by atoms with Crippen molar-refractivity contribution in [2.75, 3.05) is 46.2 Å². The summed E-state index contributed by atoms with van der Waals surface area (Å²) in [6.07, 6.45) is 21.8. The van der Waals surface area contributed by atoms with Gasteiger partial charge < -0.3 is 24.8 Å². The van der Waals surface area contributed by atoms with Crippen LogP contribution in [-0.4, -0.2) is 63.2 Å². The zero-order valence-electron chi connectivity index (χ0n) is 25.8. The number of carbonyl (C=O) groups excluding carboxylic acids is 1. The van der Waals surface area contributed by atoms with Gasteiger partial charge >= 0.3 is 13.8 Å². The van der Waals surface area contributed by atoms with Gasteiger partial charge in [-0.25, -0.2) is 4.57 Å². The highest BCUT2D eigenvalue weighted by atomic mass is 31.2. The summed E-state index contributed by atoms with van der Waals surface area (Å²) in [6.45, 7) is 5.86. The molecule has 0 aromatic rings. The Bertz CT molecular complexity index is 596. The second kappa shape index (κ2) is 29.9. The topological polar surface area (TPSA) is 127 Å². The fraction of sp³-hybridized carbons (Fsp3) is 0.967. The Labute approximate surface area is 245 Å². The highest BCUT2D eigenvalue weighted by molar-refractivity contribution is 7.47. The highest BCUT2D eigenvalue weighted by Crippen LogP contribution is 2.43. The predicted octanol–water partition coefficient (Wildman–Crippen LogP) is 7.48. The van der Waals surface area contributed by atoms with Crippen LogP contribution in [0.1, 0.15) is 136 Å². The molecule has 0 saturated heterocycles. The van der Waals surface area contributed by atoms with Crippen molar-refractivity contribution in [1.29, 1.82) is 0 Å². The van der Waals surface area contributed by atoms with Crippen LogP contribution in [0.5, 0.6) is 0 Å². The van der Waals surface area contributed by atoms with Crippen LogP contribution < -0.4 is 5.73 Å². The molecule has 240 valence electrons. The second-order valence-corrected chi connectivity index (χ2v) is 12.0. The summed E-state index contributed by atoms with van der Waals surface area (Å²) in [6, 6.07) is 0. The van der Waals surface area contributed by atoms with E-state index in [4.69, 9.17) is 29.0 Å². The van der Waals surface area contributed by atoms with Crippen LogP contribution in [0.2, 0.25) is 0 Å². The fourth-order valence-corrected chi connectivity index (χ4v) is 5.11. The van der Waals surface area contributed by atoms with E-state index in [2.05, 4.69) is 6.92 Å². The molecular formula is C30H62NO8P. The van der Waals surface area contributed by atoms with Crippen LogP contribution in [0, 0.1) is 0 Å². The van der Waals surface area contributed by atoms with Gasteiger partial charge in [-0.2, -0.15) is 0 Å². The number of ether oxygens (including phenoxy) is 3. The summed E-state index contributed by atoms with van der Waals surface area (Å²) in [5, 5.41) is 0. The van der Waals surface area contributed by atoms with Gasteiger partial charge in [0, 0.05) is 26.2 Å². The number of esters is 1. The van der Waals surface area contributed by atoms with E-state index in [0.29, 0.717) is 26.2 Å². The lowest BCUT2D eigenvalue weighted by molar-refractivity contribution is -0.143. The Kier molecular flexibility index (Phi) is 29.5. The lowest BCUT2D eigenvalue weighted by atomic mass is 10.0. The first-order valence-electron chi connectivity index (χ1n) is 16.1. The molecule has 0 saturated carbocycles. The average molecular weight is 596 g/mol. The lowest BCUT2D eigenvalue weighted by Crippen LogP contribution is -2.26. The van der Waals surface area contributed by atoms with Crippen LogP contribution in [0.25, 0.3) is 0 Å². The van der Waals surface area contributed by atoms with Crippen molar-refractivity contribution in [3.05, 3.63) is 0 Å². The molecule has 0 radical (unpaired) electrons. The Morgan fingerprint density at radius 2 is 1.23 bits per heavy atom. The summed E-state index contributed by atoms with van der Waals surface area (Å²) in [4.78, 5) is 21.2. The Hall–Kier alpha value is -0.540. The number of hydrogen-bond acceptors (Lipinski definition) is 8. The van der Waals surface area contributed by atoms with Crippen LogP contribution in [0.15, 0.2) is 0 Å². The van der Waals surface area contributed by atoms with Crippen molar-refractivity contribution in [2.45, 2.75) is 142 Å². The fourth-order valence-electron chi connectivity index (χ4n) is 4.35. The van der Waals surface area contributed by atoms with Crippen molar-refractivity contribution < 1.29 is 37.5 Å². The van der Waals surface area contributed by atoms with Gasteiger partial charge in [0.05, 0.1) is 26.4 Å². The van der Waals surface area contributed by atoms with Gasteiger partial charge in [0.25, 0.3) is 0 Å². The number of hydrogen-bond donors (Lipinski definition) is 2. The third-order valence-electron chi connectivity index (χ3n) is 6.68. The molecule has 0 spiro atoms. The van der Waals surface area contributed by atoms with Crippen molar-refractivity contribution in [2.24, 2.45) is 5.73 Å². The van der Waals surface area contributed by atoms with Gasteiger partial charge in [-0.05, 0) is 26.2 Å². The van der Waals surface area contributed by atoms with E-state index in [1.54, 1.807) is 6.92 Å². The molecule has 2 atom stereocenters. The molecule has 9 nitrogen and oxygen atoms in total. The third kappa shape index (κ3) is 29.0. The summed E-state index contributed by atoms with van der Waals surface area (Å²) >= 11 is 0. The minimum absolute atomic E-state index is 0.0548. The van der Waals surface area contributed by atoms with E-state index in [-0.39, 0.29) is 32.3 Å². The molecule has 10 heteroatoms. The number of nitrogens with two attached hydrogens (primary N) is 1. The molecule has 0 fully saturated rings. The van der Waals surface area contributed by atoms with Crippen LogP contribution >= 0.6 is 7.82 Å². The largest absolute Gasteiger partial charge is 0.472 e. The summed E-state index contributed by atoms with van der Waals surface area (Å²) in [5.41, 5.74) is 5.33. The van der Waals surface area contributed by atoms with Gasteiger partial charge in [0.2, 0.25) is 0 Å². The van der Waals surface area contributed by atoms with Gasteiger partial charge in [-0.1, -0.05) is 103 Å². The van der Waals surface area contributed by atoms with Gasteiger partial charge in [-0.3, -0.25) is 13.8 Å². The minimum atomic E-state index is -4.17. The molecule has 40 heavy (non-hydrogen) atoms. The first-order valence-corrected chi connectivity index (χ1v) is 17.6. The van der Waals surface area contributed by atoms with E-state index in [9.17, 15) is 14.3 Å².